The molecule has 1 aliphatic carbocycles. The Kier molecular flexibility index (Phi) is 4.70. The summed E-state index contributed by atoms with van der Waals surface area (Å²) in [6.45, 7) is 0.486. The van der Waals surface area contributed by atoms with Crippen molar-refractivity contribution >= 4 is 5.91 Å². The molecular formula is C18H21N3O3. The number of carbonyl (C=O) groups is 1. The van der Waals surface area contributed by atoms with Gasteiger partial charge in [-0.1, -0.05) is 0 Å². The summed E-state index contributed by atoms with van der Waals surface area (Å²) in [5, 5.41) is 11.0. The van der Waals surface area contributed by atoms with Crippen LogP contribution in [0.1, 0.15) is 42.5 Å². The second kappa shape index (κ2) is 6.91. The van der Waals surface area contributed by atoms with E-state index in [1.165, 1.54) is 0 Å². The second-order valence-corrected chi connectivity index (χ2v) is 6.07. The van der Waals surface area contributed by atoms with Gasteiger partial charge in [0.1, 0.15) is 11.5 Å². The van der Waals surface area contributed by atoms with Crippen LogP contribution >= 0.6 is 0 Å². The van der Waals surface area contributed by atoms with Gasteiger partial charge in [0.2, 0.25) is 0 Å². The van der Waals surface area contributed by atoms with Crippen molar-refractivity contribution in [2.45, 2.75) is 43.9 Å². The Morgan fingerprint density at radius 3 is 2.83 bits per heavy atom. The van der Waals surface area contributed by atoms with Crippen LogP contribution in [0.15, 0.2) is 28.4 Å². The minimum absolute atomic E-state index is 0.183. The summed E-state index contributed by atoms with van der Waals surface area (Å²) in [7, 11) is 1.55. The molecule has 126 valence electrons. The topological polar surface area (TPSA) is 72.3 Å². The van der Waals surface area contributed by atoms with Crippen molar-refractivity contribution in [3.8, 4) is 23.8 Å². The van der Waals surface area contributed by atoms with Crippen molar-refractivity contribution in [3.63, 3.8) is 0 Å². The molecule has 24 heavy (non-hydrogen) atoms. The molecule has 6 nitrogen and oxygen atoms in total. The van der Waals surface area contributed by atoms with Crippen LogP contribution in [0.4, 0.5) is 0 Å². The highest BCUT2D eigenvalue weighted by Gasteiger charge is 2.38. The molecule has 1 aromatic rings. The maximum atomic E-state index is 12.4. The molecule has 0 spiro atoms. The normalized spacial score (nSPS) is 17.0. The number of nitrogens with one attached hydrogen (secondary N) is 1. The summed E-state index contributed by atoms with van der Waals surface area (Å²) in [4.78, 5) is 12.4. The van der Waals surface area contributed by atoms with E-state index in [-0.39, 0.29) is 11.6 Å². The van der Waals surface area contributed by atoms with Crippen LogP contribution in [0.5, 0.6) is 11.5 Å². The van der Waals surface area contributed by atoms with Crippen molar-refractivity contribution in [1.82, 2.24) is 5.32 Å². The van der Waals surface area contributed by atoms with E-state index in [4.69, 9.17) is 15.9 Å². The minimum atomic E-state index is -0.383. The number of amides is 1. The summed E-state index contributed by atoms with van der Waals surface area (Å²) < 4.78 is 11.0. The summed E-state index contributed by atoms with van der Waals surface area (Å²) in [6, 6.07) is 5.29. The van der Waals surface area contributed by atoms with Gasteiger partial charge in [-0.2, -0.15) is 10.2 Å². The molecule has 0 saturated heterocycles. The first-order valence-corrected chi connectivity index (χ1v) is 8.16. The molecule has 6 heteroatoms. The molecule has 0 radical (unpaired) electrons. The molecule has 1 heterocycles. The third kappa shape index (κ3) is 4.05. The molecule has 0 bridgehead atoms. The van der Waals surface area contributed by atoms with Gasteiger partial charge in [0, 0.05) is 31.9 Å². The van der Waals surface area contributed by atoms with Crippen molar-refractivity contribution in [3.05, 3.63) is 23.8 Å². The van der Waals surface area contributed by atoms with Crippen LogP contribution in [0.25, 0.3) is 0 Å². The Bertz CT molecular complexity index is 683. The van der Waals surface area contributed by atoms with E-state index >= 15 is 0 Å². The summed E-state index contributed by atoms with van der Waals surface area (Å²) in [5.74, 6) is 3.65. The van der Waals surface area contributed by atoms with E-state index in [2.05, 4.69) is 21.5 Å². The Morgan fingerprint density at radius 2 is 2.21 bits per heavy atom. The second-order valence-electron chi connectivity index (χ2n) is 6.07. The van der Waals surface area contributed by atoms with E-state index in [0.717, 1.165) is 25.0 Å². The zero-order chi connectivity index (χ0) is 17.0. The van der Waals surface area contributed by atoms with Crippen LogP contribution in [0, 0.1) is 12.3 Å². The van der Waals surface area contributed by atoms with Gasteiger partial charge in [-0.3, -0.25) is 4.79 Å². The number of hydrogen-bond acceptors (Lipinski definition) is 5. The minimum Gasteiger partial charge on any atom is -0.496 e. The molecule has 0 atom stereocenters. The maximum absolute atomic E-state index is 12.4. The van der Waals surface area contributed by atoms with Gasteiger partial charge in [-0.25, -0.2) is 0 Å². The summed E-state index contributed by atoms with van der Waals surface area (Å²) in [6.07, 6.45) is 9.77. The lowest BCUT2D eigenvalue weighted by Gasteiger charge is -2.13. The standard InChI is InChI=1S/C18H21N3O3/c1-3-4-9-18(20-21-18)10-11-19-17(22)15-8-7-14(12-16(15)23-2)24-13-5-6-13/h1,7-8,12-13H,4-6,9-11H2,2H3,(H,19,22). The van der Waals surface area contributed by atoms with Gasteiger partial charge < -0.3 is 14.8 Å². The van der Waals surface area contributed by atoms with Gasteiger partial charge in [0.15, 0.2) is 5.66 Å². The molecule has 1 amide bonds. The number of ether oxygens (including phenoxy) is 2. The number of hydrogen-bond donors (Lipinski definition) is 1. The SMILES string of the molecule is C#CCCC1(CCNC(=O)c2ccc(OC3CC3)cc2OC)N=N1. The third-order valence-electron chi connectivity index (χ3n) is 4.11. The average molecular weight is 327 g/mol. The van der Waals surface area contributed by atoms with Crippen LogP contribution in [0.3, 0.4) is 0 Å². The van der Waals surface area contributed by atoms with Crippen LogP contribution in [-0.2, 0) is 0 Å². The van der Waals surface area contributed by atoms with Crippen molar-refractivity contribution in [2.24, 2.45) is 10.2 Å². The Morgan fingerprint density at radius 1 is 1.42 bits per heavy atom. The molecule has 1 fully saturated rings. The zero-order valence-electron chi connectivity index (χ0n) is 13.7. The highest BCUT2D eigenvalue weighted by atomic mass is 16.5. The van der Waals surface area contributed by atoms with E-state index in [9.17, 15) is 4.79 Å². The van der Waals surface area contributed by atoms with Crippen LogP contribution < -0.4 is 14.8 Å². The number of carbonyl (C=O) groups excluding carboxylic acids is 1. The fourth-order valence-electron chi connectivity index (χ4n) is 2.45. The molecular weight excluding hydrogens is 306 g/mol. The first-order valence-electron chi connectivity index (χ1n) is 8.16. The van der Waals surface area contributed by atoms with Crippen molar-refractivity contribution in [2.75, 3.05) is 13.7 Å². The van der Waals surface area contributed by atoms with E-state index < -0.39 is 0 Å². The molecule has 1 aliphatic heterocycles. The Labute approximate surface area is 141 Å². The molecule has 1 aromatic carbocycles. The summed E-state index contributed by atoms with van der Waals surface area (Å²) >= 11 is 0. The lowest BCUT2D eigenvalue weighted by molar-refractivity contribution is 0.0949. The fraction of sp³-hybridized carbons (Fsp3) is 0.500. The van der Waals surface area contributed by atoms with Gasteiger partial charge >= 0.3 is 0 Å². The molecule has 3 rings (SSSR count). The predicted molar refractivity (Wildman–Crippen MR) is 89.2 cm³/mol. The molecule has 1 N–H and O–H groups in total. The van der Waals surface area contributed by atoms with Crippen LogP contribution in [-0.4, -0.2) is 31.3 Å². The van der Waals surface area contributed by atoms with Gasteiger partial charge in [-0.15, -0.1) is 12.3 Å². The highest BCUT2D eigenvalue weighted by Crippen LogP contribution is 2.36. The van der Waals surface area contributed by atoms with E-state index in [1.54, 1.807) is 25.3 Å². The smallest absolute Gasteiger partial charge is 0.255 e. The zero-order valence-corrected chi connectivity index (χ0v) is 13.7. The number of terminal acetylenes is 1. The number of rotatable bonds is 9. The van der Waals surface area contributed by atoms with Crippen molar-refractivity contribution in [1.29, 1.82) is 0 Å². The molecule has 2 aliphatic rings. The Hall–Kier alpha value is -2.55. The number of nitrogens with zero attached hydrogens (tertiary/aromatic N) is 2. The van der Waals surface area contributed by atoms with E-state index in [0.29, 0.717) is 36.8 Å². The Balaban J connectivity index is 1.53. The first-order chi connectivity index (χ1) is 11.7. The van der Waals surface area contributed by atoms with Crippen molar-refractivity contribution < 1.29 is 14.3 Å². The monoisotopic (exact) mass is 327 g/mol. The third-order valence-corrected chi connectivity index (χ3v) is 4.11. The fourth-order valence-corrected chi connectivity index (χ4v) is 2.45. The average Bonchev–Trinajstić information content (AvgIpc) is 3.50. The predicted octanol–water partition coefficient (Wildman–Crippen LogP) is 2.93. The van der Waals surface area contributed by atoms with E-state index in [1.807, 2.05) is 0 Å². The lowest BCUT2D eigenvalue weighted by Crippen LogP contribution is -2.28. The quantitative estimate of drug-likeness (QED) is 0.709. The van der Waals surface area contributed by atoms with Gasteiger partial charge in [0.05, 0.1) is 18.8 Å². The molecule has 0 unspecified atom stereocenters. The largest absolute Gasteiger partial charge is 0.496 e. The molecule has 1 saturated carbocycles. The highest BCUT2D eigenvalue weighted by molar-refractivity contribution is 5.97. The van der Waals surface area contributed by atoms with Gasteiger partial charge in [0.25, 0.3) is 5.91 Å². The lowest BCUT2D eigenvalue weighted by atomic mass is 10.0. The maximum Gasteiger partial charge on any atom is 0.255 e. The molecule has 0 aromatic heterocycles. The number of benzene rings is 1. The van der Waals surface area contributed by atoms with Crippen LogP contribution in [0.2, 0.25) is 0 Å². The van der Waals surface area contributed by atoms with Gasteiger partial charge in [-0.05, 0) is 25.0 Å². The number of methoxy groups -OCH3 is 1. The summed E-state index contributed by atoms with van der Waals surface area (Å²) in [5.41, 5.74) is 0.106. The first kappa shape index (κ1) is 16.3.